The van der Waals surface area contributed by atoms with Crippen LogP contribution < -0.4 is 9.64 Å². The van der Waals surface area contributed by atoms with Crippen molar-refractivity contribution in [1.82, 2.24) is 0 Å². The van der Waals surface area contributed by atoms with Crippen molar-refractivity contribution in [1.29, 1.82) is 0 Å². The summed E-state index contributed by atoms with van der Waals surface area (Å²) in [6.07, 6.45) is 3.66. The fraction of sp³-hybridized carbons (Fsp3) is 0.474. The summed E-state index contributed by atoms with van der Waals surface area (Å²) in [7, 11) is 2.42. The zero-order valence-electron chi connectivity index (χ0n) is 15.3. The first kappa shape index (κ1) is 19.2. The highest BCUT2D eigenvalue weighted by Crippen LogP contribution is 2.38. The molecule has 1 aliphatic carbocycles. The predicted molar refractivity (Wildman–Crippen MR) is 93.6 cm³/mol. The molecule has 8 heteroatoms. The van der Waals surface area contributed by atoms with E-state index in [-0.39, 0.29) is 36.5 Å². The molecule has 1 aromatic carbocycles. The molecule has 0 amide bonds. The summed E-state index contributed by atoms with van der Waals surface area (Å²) in [6.45, 7) is -0.169. The molecule has 1 aliphatic heterocycles. The number of benzene rings is 1. The van der Waals surface area contributed by atoms with Crippen LogP contribution in [0.4, 0.5) is 10.1 Å². The molecule has 0 unspecified atom stereocenters. The van der Waals surface area contributed by atoms with Crippen LogP contribution in [0, 0.1) is 5.82 Å². The second kappa shape index (κ2) is 8.39. The molecule has 0 saturated heterocycles. The lowest BCUT2D eigenvalue weighted by atomic mass is 10.1. The molecule has 27 heavy (non-hydrogen) atoms. The van der Waals surface area contributed by atoms with Gasteiger partial charge < -0.3 is 23.8 Å². The van der Waals surface area contributed by atoms with Crippen molar-refractivity contribution in [3.63, 3.8) is 0 Å². The molecule has 0 spiro atoms. The first-order valence-corrected chi connectivity index (χ1v) is 8.77. The van der Waals surface area contributed by atoms with Crippen LogP contribution in [0.3, 0.4) is 0 Å². The molecule has 0 N–H and O–H groups in total. The number of carbonyl (C=O) groups excluding carboxylic acids is 2. The molecule has 3 rings (SSSR count). The van der Waals surface area contributed by atoms with Gasteiger partial charge in [-0.15, -0.1) is 0 Å². The van der Waals surface area contributed by atoms with Crippen LogP contribution in [-0.4, -0.2) is 45.6 Å². The highest BCUT2D eigenvalue weighted by molar-refractivity contribution is 6.03. The third kappa shape index (κ3) is 3.90. The monoisotopic (exact) mass is 379 g/mol. The zero-order valence-corrected chi connectivity index (χ0v) is 15.3. The number of ether oxygens (including phenoxy) is 4. The molecule has 0 aromatic heterocycles. The molecular weight excluding hydrogens is 357 g/mol. The molecule has 0 atom stereocenters. The quantitative estimate of drug-likeness (QED) is 0.728. The maximum atomic E-state index is 14.6. The fourth-order valence-electron chi connectivity index (χ4n) is 3.33. The maximum absolute atomic E-state index is 14.6. The molecule has 1 saturated carbocycles. The number of rotatable bonds is 5. The lowest BCUT2D eigenvalue weighted by Crippen LogP contribution is -2.39. The number of halogens is 1. The highest BCUT2D eigenvalue weighted by atomic mass is 19.1. The molecule has 7 nitrogen and oxygen atoms in total. The number of carbonyl (C=O) groups is 2. The van der Waals surface area contributed by atoms with Gasteiger partial charge in [0.2, 0.25) is 0 Å². The summed E-state index contributed by atoms with van der Waals surface area (Å²) in [5, 5.41) is 0. The van der Waals surface area contributed by atoms with E-state index in [0.29, 0.717) is 5.69 Å². The Hall–Kier alpha value is -2.61. The van der Waals surface area contributed by atoms with E-state index >= 15 is 0 Å². The molecule has 1 heterocycles. The van der Waals surface area contributed by atoms with E-state index in [0.717, 1.165) is 25.7 Å². The summed E-state index contributed by atoms with van der Waals surface area (Å²) < 4.78 is 35.5. The first-order chi connectivity index (χ1) is 13.1. The van der Waals surface area contributed by atoms with Crippen LogP contribution in [0.1, 0.15) is 25.7 Å². The van der Waals surface area contributed by atoms with Crippen LogP contribution in [0.15, 0.2) is 29.5 Å². The van der Waals surface area contributed by atoms with Crippen LogP contribution in [-0.2, 0) is 23.8 Å². The number of esters is 2. The predicted octanol–water partition coefficient (Wildman–Crippen LogP) is 2.54. The average Bonchev–Trinajstić information content (AvgIpc) is 3.21. The van der Waals surface area contributed by atoms with Gasteiger partial charge in [-0.25, -0.2) is 14.0 Å². The van der Waals surface area contributed by atoms with Gasteiger partial charge in [-0.3, -0.25) is 0 Å². The van der Waals surface area contributed by atoms with Crippen molar-refractivity contribution in [2.24, 2.45) is 0 Å². The van der Waals surface area contributed by atoms with Gasteiger partial charge in [-0.2, -0.15) is 0 Å². The Morgan fingerprint density at radius 2 is 1.85 bits per heavy atom. The maximum Gasteiger partial charge on any atom is 0.355 e. The minimum absolute atomic E-state index is 0.00618. The Balaban J connectivity index is 2.06. The van der Waals surface area contributed by atoms with Crippen molar-refractivity contribution >= 4 is 17.6 Å². The summed E-state index contributed by atoms with van der Waals surface area (Å²) >= 11 is 0. The Morgan fingerprint density at radius 1 is 1.15 bits per heavy atom. The van der Waals surface area contributed by atoms with Gasteiger partial charge in [0.1, 0.15) is 12.4 Å². The number of para-hydroxylation sites is 1. The van der Waals surface area contributed by atoms with Crippen molar-refractivity contribution in [2.45, 2.75) is 31.8 Å². The van der Waals surface area contributed by atoms with E-state index in [1.54, 1.807) is 6.07 Å². The molecule has 1 aromatic rings. The van der Waals surface area contributed by atoms with Crippen LogP contribution in [0.2, 0.25) is 0 Å². The summed E-state index contributed by atoms with van der Waals surface area (Å²) in [5.74, 6) is -1.97. The van der Waals surface area contributed by atoms with Crippen LogP contribution in [0.5, 0.6) is 5.75 Å². The van der Waals surface area contributed by atoms with Crippen molar-refractivity contribution < 1.29 is 32.9 Å². The van der Waals surface area contributed by atoms with Crippen LogP contribution in [0.25, 0.3) is 0 Å². The molecule has 0 radical (unpaired) electrons. The van der Waals surface area contributed by atoms with Gasteiger partial charge in [-0.1, -0.05) is 6.07 Å². The number of hydrogen-bond donors (Lipinski definition) is 0. The third-order valence-corrected chi connectivity index (χ3v) is 4.66. The largest absolute Gasteiger partial charge is 0.485 e. The summed E-state index contributed by atoms with van der Waals surface area (Å²) in [5.41, 5.74) is 0.257. The zero-order chi connectivity index (χ0) is 19.4. The molecule has 2 aliphatic rings. The number of anilines is 1. The normalized spacial score (nSPS) is 17.8. The topological polar surface area (TPSA) is 74.3 Å². The van der Waals surface area contributed by atoms with Crippen LogP contribution >= 0.6 is 0 Å². The number of hydrogen-bond acceptors (Lipinski definition) is 7. The fourth-order valence-corrected chi connectivity index (χ4v) is 3.33. The molecular formula is C19H22FNO6. The van der Waals surface area contributed by atoms with E-state index in [1.165, 1.54) is 31.3 Å². The van der Waals surface area contributed by atoms with E-state index in [4.69, 9.17) is 18.9 Å². The molecule has 146 valence electrons. The van der Waals surface area contributed by atoms with E-state index in [2.05, 4.69) is 0 Å². The van der Waals surface area contributed by atoms with Crippen molar-refractivity contribution in [2.75, 3.05) is 32.5 Å². The second-order valence-electron chi connectivity index (χ2n) is 6.33. The molecule has 0 bridgehead atoms. The average molecular weight is 379 g/mol. The Kier molecular flexibility index (Phi) is 5.95. The molecule has 1 fully saturated rings. The Labute approximate surface area is 156 Å². The van der Waals surface area contributed by atoms with E-state index < -0.39 is 17.8 Å². The second-order valence-corrected chi connectivity index (χ2v) is 6.33. The van der Waals surface area contributed by atoms with Crippen molar-refractivity contribution in [3.05, 3.63) is 35.3 Å². The lowest BCUT2D eigenvalue weighted by molar-refractivity contribution is -0.140. The highest BCUT2D eigenvalue weighted by Gasteiger charge is 2.34. The Morgan fingerprint density at radius 3 is 2.52 bits per heavy atom. The van der Waals surface area contributed by atoms with E-state index in [9.17, 15) is 14.0 Å². The summed E-state index contributed by atoms with van der Waals surface area (Å²) in [4.78, 5) is 25.9. The summed E-state index contributed by atoms with van der Waals surface area (Å²) in [6, 6.07) is 4.41. The third-order valence-electron chi connectivity index (χ3n) is 4.66. The van der Waals surface area contributed by atoms with E-state index in [1.807, 2.05) is 0 Å². The van der Waals surface area contributed by atoms with Gasteiger partial charge >= 0.3 is 11.9 Å². The minimum atomic E-state index is -0.741. The standard InChI is InChI=1S/C19H22FNO6/c1-24-18(22)13-10-26-11-21(16(13)19(23)25-2)15-9-5-8-14(20)17(15)27-12-6-3-4-7-12/h5,8-9,12H,3-4,6-7,10-11H2,1-2H3. The van der Waals surface area contributed by atoms with Crippen molar-refractivity contribution in [3.8, 4) is 5.75 Å². The minimum Gasteiger partial charge on any atom is -0.485 e. The van der Waals surface area contributed by atoms with Gasteiger partial charge in [0.05, 0.1) is 38.2 Å². The van der Waals surface area contributed by atoms with Gasteiger partial charge in [-0.05, 0) is 37.8 Å². The van der Waals surface area contributed by atoms with Gasteiger partial charge in [0, 0.05) is 0 Å². The lowest BCUT2D eigenvalue weighted by Gasteiger charge is -2.32. The Bertz CT molecular complexity index is 757. The smallest absolute Gasteiger partial charge is 0.355 e. The number of methoxy groups -OCH3 is 2. The van der Waals surface area contributed by atoms with Gasteiger partial charge in [0.25, 0.3) is 0 Å². The van der Waals surface area contributed by atoms with Gasteiger partial charge in [0.15, 0.2) is 11.6 Å². The first-order valence-electron chi connectivity index (χ1n) is 8.77. The number of nitrogens with zero attached hydrogens (tertiary/aromatic N) is 1. The SMILES string of the molecule is COC(=O)C1=C(C(=O)OC)N(c2cccc(F)c2OC2CCCC2)COC1.